The summed E-state index contributed by atoms with van der Waals surface area (Å²) in [5.74, 6) is -0.296. The van der Waals surface area contributed by atoms with Crippen LogP contribution in [0.4, 0.5) is 0 Å². The zero-order valence-electron chi connectivity index (χ0n) is 10.4. The third-order valence-corrected chi connectivity index (χ3v) is 2.72. The van der Waals surface area contributed by atoms with Gasteiger partial charge in [-0.3, -0.25) is 9.78 Å². The first-order chi connectivity index (χ1) is 9.31. The predicted molar refractivity (Wildman–Crippen MR) is 70.4 cm³/mol. The molecule has 2 N–H and O–H groups in total. The Labute approximate surface area is 111 Å². The van der Waals surface area contributed by atoms with E-state index in [1.54, 1.807) is 0 Å². The van der Waals surface area contributed by atoms with Crippen LogP contribution < -0.4 is 5.32 Å². The van der Waals surface area contributed by atoms with Gasteiger partial charge in [-0.25, -0.2) is 4.98 Å². The molecule has 0 radical (unpaired) electrons. The summed E-state index contributed by atoms with van der Waals surface area (Å²) in [6.07, 6.45) is 4.85. The highest BCUT2D eigenvalue weighted by Crippen LogP contribution is 2.16. The number of carbonyl (C=O) groups is 1. The molecule has 0 saturated carbocycles. The number of aliphatic hydroxyl groups excluding tert-OH is 1. The molecule has 5 heteroatoms. The molecule has 1 heterocycles. The zero-order chi connectivity index (χ0) is 13.5. The third-order valence-electron chi connectivity index (χ3n) is 2.72. The standard InChI is InChI=1S/C14H15N3O2/c18-9-6-12(11-4-2-1-3-5-11)17-14(19)13-10-15-7-8-16-13/h1-5,7-8,10,12,18H,6,9H2,(H,17,19). The Morgan fingerprint density at radius 1 is 1.26 bits per heavy atom. The Kier molecular flexibility index (Phi) is 4.58. The fourth-order valence-corrected chi connectivity index (χ4v) is 1.79. The molecule has 0 aliphatic rings. The largest absolute Gasteiger partial charge is 0.396 e. The van der Waals surface area contributed by atoms with Crippen molar-refractivity contribution in [2.45, 2.75) is 12.5 Å². The fraction of sp³-hybridized carbons (Fsp3) is 0.214. The number of aromatic nitrogens is 2. The van der Waals surface area contributed by atoms with Crippen molar-refractivity contribution in [2.75, 3.05) is 6.61 Å². The molecule has 0 fully saturated rings. The van der Waals surface area contributed by atoms with Crippen LogP contribution in [0.15, 0.2) is 48.9 Å². The Bertz CT molecular complexity index is 517. The van der Waals surface area contributed by atoms with Gasteiger partial charge in [0.15, 0.2) is 0 Å². The molecule has 19 heavy (non-hydrogen) atoms. The number of hydrogen-bond acceptors (Lipinski definition) is 4. The Morgan fingerprint density at radius 2 is 2.05 bits per heavy atom. The first-order valence-electron chi connectivity index (χ1n) is 6.04. The van der Waals surface area contributed by atoms with Crippen molar-refractivity contribution >= 4 is 5.91 Å². The number of benzene rings is 1. The van der Waals surface area contributed by atoms with Crippen molar-refractivity contribution < 1.29 is 9.90 Å². The first-order valence-corrected chi connectivity index (χ1v) is 6.04. The highest BCUT2D eigenvalue weighted by atomic mass is 16.3. The molecule has 2 aromatic rings. The van der Waals surface area contributed by atoms with Gasteiger partial charge in [-0.15, -0.1) is 0 Å². The number of rotatable bonds is 5. The van der Waals surface area contributed by atoms with E-state index in [0.717, 1.165) is 5.56 Å². The monoisotopic (exact) mass is 257 g/mol. The van der Waals surface area contributed by atoms with Crippen LogP contribution in [0.25, 0.3) is 0 Å². The lowest BCUT2D eigenvalue weighted by Gasteiger charge is -2.17. The molecule has 1 aromatic heterocycles. The highest BCUT2D eigenvalue weighted by Gasteiger charge is 2.15. The van der Waals surface area contributed by atoms with E-state index < -0.39 is 0 Å². The molecule has 0 saturated heterocycles. The second kappa shape index (κ2) is 6.61. The van der Waals surface area contributed by atoms with E-state index in [1.807, 2.05) is 30.3 Å². The van der Waals surface area contributed by atoms with Crippen LogP contribution in [0.1, 0.15) is 28.5 Å². The second-order valence-electron chi connectivity index (χ2n) is 4.04. The average Bonchev–Trinajstić information content (AvgIpc) is 2.48. The van der Waals surface area contributed by atoms with E-state index in [9.17, 15) is 4.79 Å². The van der Waals surface area contributed by atoms with Crippen molar-refractivity contribution in [1.82, 2.24) is 15.3 Å². The summed E-state index contributed by atoms with van der Waals surface area (Å²) in [6, 6.07) is 9.29. The van der Waals surface area contributed by atoms with Gasteiger partial charge in [0.25, 0.3) is 5.91 Å². The Balaban J connectivity index is 2.11. The van der Waals surface area contributed by atoms with Crippen molar-refractivity contribution in [2.24, 2.45) is 0 Å². The number of nitrogens with zero attached hydrogens (tertiary/aromatic N) is 2. The van der Waals surface area contributed by atoms with Gasteiger partial charge in [0.1, 0.15) is 5.69 Å². The summed E-state index contributed by atoms with van der Waals surface area (Å²) in [5.41, 5.74) is 1.22. The summed E-state index contributed by atoms with van der Waals surface area (Å²) in [7, 11) is 0. The minimum Gasteiger partial charge on any atom is -0.396 e. The van der Waals surface area contributed by atoms with Gasteiger partial charge in [-0.1, -0.05) is 30.3 Å². The summed E-state index contributed by atoms with van der Waals surface area (Å²) >= 11 is 0. The van der Waals surface area contributed by atoms with Gasteiger partial charge in [0, 0.05) is 19.0 Å². The van der Waals surface area contributed by atoms with Gasteiger partial charge in [0.2, 0.25) is 0 Å². The molecule has 0 bridgehead atoms. The second-order valence-corrected chi connectivity index (χ2v) is 4.04. The molecule has 2 rings (SSSR count). The van der Waals surface area contributed by atoms with Crippen LogP contribution in [0, 0.1) is 0 Å². The van der Waals surface area contributed by atoms with Crippen molar-refractivity contribution in [3.05, 3.63) is 60.2 Å². The van der Waals surface area contributed by atoms with Crippen LogP contribution in [0.5, 0.6) is 0 Å². The topological polar surface area (TPSA) is 75.1 Å². The van der Waals surface area contributed by atoms with E-state index in [2.05, 4.69) is 15.3 Å². The quantitative estimate of drug-likeness (QED) is 0.847. The van der Waals surface area contributed by atoms with E-state index in [1.165, 1.54) is 18.6 Å². The minimum absolute atomic E-state index is 0.000307. The fourth-order valence-electron chi connectivity index (χ4n) is 1.79. The number of aliphatic hydroxyl groups is 1. The van der Waals surface area contributed by atoms with Crippen LogP contribution in [-0.4, -0.2) is 27.6 Å². The van der Waals surface area contributed by atoms with Crippen LogP contribution in [0.3, 0.4) is 0 Å². The maximum Gasteiger partial charge on any atom is 0.271 e. The smallest absolute Gasteiger partial charge is 0.271 e. The molecule has 98 valence electrons. The normalized spacial score (nSPS) is 11.8. The number of carbonyl (C=O) groups excluding carboxylic acids is 1. The van der Waals surface area contributed by atoms with Gasteiger partial charge >= 0.3 is 0 Å². The van der Waals surface area contributed by atoms with Crippen LogP contribution >= 0.6 is 0 Å². The Morgan fingerprint density at radius 3 is 2.68 bits per heavy atom. The van der Waals surface area contributed by atoms with Crippen molar-refractivity contribution in [3.8, 4) is 0 Å². The van der Waals surface area contributed by atoms with E-state index in [0.29, 0.717) is 6.42 Å². The van der Waals surface area contributed by atoms with Crippen LogP contribution in [-0.2, 0) is 0 Å². The van der Waals surface area contributed by atoms with E-state index in [4.69, 9.17) is 5.11 Å². The molecule has 1 amide bonds. The summed E-state index contributed by atoms with van der Waals surface area (Å²) < 4.78 is 0. The highest BCUT2D eigenvalue weighted by molar-refractivity contribution is 5.92. The molecule has 1 aromatic carbocycles. The molecule has 0 spiro atoms. The lowest BCUT2D eigenvalue weighted by Crippen LogP contribution is -2.29. The molecule has 0 aliphatic carbocycles. The lowest BCUT2D eigenvalue weighted by molar-refractivity contribution is 0.0924. The third kappa shape index (κ3) is 3.59. The van der Waals surface area contributed by atoms with E-state index >= 15 is 0 Å². The molecule has 5 nitrogen and oxygen atoms in total. The molecule has 0 aliphatic heterocycles. The maximum atomic E-state index is 12.0. The van der Waals surface area contributed by atoms with Gasteiger partial charge < -0.3 is 10.4 Å². The molecular formula is C14H15N3O2. The lowest BCUT2D eigenvalue weighted by atomic mass is 10.0. The Hall–Kier alpha value is -2.27. The maximum absolute atomic E-state index is 12.0. The minimum atomic E-state index is -0.296. The molecular weight excluding hydrogens is 242 g/mol. The summed E-state index contributed by atoms with van der Waals surface area (Å²) in [6.45, 7) is 0.000307. The average molecular weight is 257 g/mol. The number of hydrogen-bond donors (Lipinski definition) is 2. The van der Waals surface area contributed by atoms with Crippen LogP contribution in [0.2, 0.25) is 0 Å². The molecule has 1 atom stereocenters. The van der Waals surface area contributed by atoms with Gasteiger partial charge in [0.05, 0.1) is 12.2 Å². The number of nitrogens with one attached hydrogen (secondary N) is 1. The summed E-state index contributed by atoms with van der Waals surface area (Å²) in [5, 5.41) is 12.0. The summed E-state index contributed by atoms with van der Waals surface area (Å²) in [4.78, 5) is 19.8. The van der Waals surface area contributed by atoms with Gasteiger partial charge in [-0.2, -0.15) is 0 Å². The first kappa shape index (κ1) is 13.2. The van der Waals surface area contributed by atoms with Crippen molar-refractivity contribution in [3.63, 3.8) is 0 Å². The SMILES string of the molecule is O=C(NC(CCO)c1ccccc1)c1cnccn1. The number of amides is 1. The van der Waals surface area contributed by atoms with Crippen molar-refractivity contribution in [1.29, 1.82) is 0 Å². The van der Waals surface area contributed by atoms with Gasteiger partial charge in [-0.05, 0) is 12.0 Å². The molecule has 1 unspecified atom stereocenters. The zero-order valence-corrected chi connectivity index (χ0v) is 10.4. The van der Waals surface area contributed by atoms with E-state index in [-0.39, 0.29) is 24.2 Å². The predicted octanol–water partition coefficient (Wildman–Crippen LogP) is 1.33.